The first-order valence-corrected chi connectivity index (χ1v) is 42.0. The Morgan fingerprint density at radius 2 is 0.657 bits per heavy atom. The van der Waals surface area contributed by atoms with Crippen LogP contribution in [0.5, 0.6) is 0 Å². The van der Waals surface area contributed by atoms with Crippen molar-refractivity contribution in [2.45, 2.75) is 413 Å². The standard InChI is InChI=1S/C86H151NO18/c1-3-5-7-9-11-13-15-17-19-21-23-25-26-27-28-29-30-31-32-33-34-35-36-37-38-39-40-41-42-44-46-48-50-52-54-56-58-60-62-64-74(92)87-69(70(91)63-61-59-57-55-53-51-49-47-45-43-24-22-20-18-16-14-12-10-8-6-4-2)68-100-84-80(98)77(95)82(72(66-89)102-84)105-86-81(99)78(96)83(73(67-90)103-86)104-85-79(97)76(94)75(93)71(65-88)101-85/h5,7,11,13,17,19,23,25,27-28,30-31,33-34,61,63,69-73,75-86,88-91,93-99H,3-4,6,8-10,12,14-16,18,20-22,24,26,29,32,35-60,62,64-68H2,1-2H3,(H,87,92)/b7-5-,13-11-,19-17-,25-23-,28-27-,31-30-,34-33-,63-61+. The predicted molar refractivity (Wildman–Crippen MR) is 420 cm³/mol. The fourth-order valence-electron chi connectivity index (χ4n) is 13.7. The molecule has 0 aromatic heterocycles. The van der Waals surface area contributed by atoms with E-state index in [1.54, 1.807) is 6.08 Å². The summed E-state index contributed by atoms with van der Waals surface area (Å²) >= 11 is 0. The first-order chi connectivity index (χ1) is 51.3. The van der Waals surface area contributed by atoms with Crippen LogP contribution in [0.1, 0.15) is 309 Å². The summed E-state index contributed by atoms with van der Waals surface area (Å²) in [6, 6.07) is -0.978. The monoisotopic (exact) mass is 1490 g/mol. The number of ether oxygens (including phenoxy) is 6. The lowest BCUT2D eigenvalue weighted by Crippen LogP contribution is -2.66. The Kier molecular flexibility index (Phi) is 59.8. The number of carbonyl (C=O) groups is 1. The topological polar surface area (TPSA) is 307 Å². The van der Waals surface area contributed by atoms with Gasteiger partial charge in [0.25, 0.3) is 0 Å². The molecule has 17 unspecified atom stereocenters. The van der Waals surface area contributed by atoms with Crippen molar-refractivity contribution < 1.29 is 89.4 Å². The van der Waals surface area contributed by atoms with Crippen LogP contribution >= 0.6 is 0 Å². The highest BCUT2D eigenvalue weighted by atomic mass is 16.8. The molecule has 0 aliphatic carbocycles. The van der Waals surface area contributed by atoms with E-state index in [2.05, 4.69) is 104 Å². The van der Waals surface area contributed by atoms with Crippen molar-refractivity contribution >= 4 is 5.91 Å². The third-order valence-electron chi connectivity index (χ3n) is 20.4. The Morgan fingerprint density at radius 3 is 1.03 bits per heavy atom. The van der Waals surface area contributed by atoms with Crippen LogP contribution in [0.4, 0.5) is 0 Å². The maximum atomic E-state index is 13.5. The van der Waals surface area contributed by atoms with Crippen molar-refractivity contribution in [2.75, 3.05) is 26.4 Å². The molecule has 0 aromatic carbocycles. The first-order valence-electron chi connectivity index (χ1n) is 42.0. The average molecular weight is 1490 g/mol. The molecule has 19 heteroatoms. The fourth-order valence-corrected chi connectivity index (χ4v) is 13.7. The Morgan fingerprint density at radius 1 is 0.352 bits per heavy atom. The number of aliphatic hydroxyl groups is 11. The average Bonchev–Trinajstić information content (AvgIpc) is 0.780. The van der Waals surface area contributed by atoms with E-state index in [4.69, 9.17) is 28.4 Å². The van der Waals surface area contributed by atoms with E-state index in [1.807, 2.05) is 6.08 Å². The lowest BCUT2D eigenvalue weighted by Gasteiger charge is -2.48. The third kappa shape index (κ3) is 45.0. The van der Waals surface area contributed by atoms with Gasteiger partial charge in [-0.05, 0) is 77.0 Å². The van der Waals surface area contributed by atoms with Crippen molar-refractivity contribution in [2.24, 2.45) is 0 Å². The summed E-state index contributed by atoms with van der Waals surface area (Å²) in [5, 5.41) is 121. The Bertz CT molecular complexity index is 2270. The zero-order chi connectivity index (χ0) is 76.0. The van der Waals surface area contributed by atoms with Gasteiger partial charge in [-0.1, -0.05) is 323 Å². The highest BCUT2D eigenvalue weighted by Gasteiger charge is 2.54. The predicted octanol–water partition coefficient (Wildman–Crippen LogP) is 14.7. The number of unbranched alkanes of at least 4 members (excludes halogenated alkanes) is 36. The molecule has 3 fully saturated rings. The van der Waals surface area contributed by atoms with Crippen LogP contribution in [-0.4, -0.2) is 193 Å². The minimum atomic E-state index is -1.98. The van der Waals surface area contributed by atoms with Gasteiger partial charge >= 0.3 is 0 Å². The van der Waals surface area contributed by atoms with Gasteiger partial charge in [0.15, 0.2) is 18.9 Å². The van der Waals surface area contributed by atoms with Crippen molar-refractivity contribution in [1.82, 2.24) is 5.32 Å². The summed E-state index contributed by atoms with van der Waals surface area (Å²) < 4.78 is 34.5. The van der Waals surface area contributed by atoms with Gasteiger partial charge in [0.2, 0.25) is 5.91 Å². The number of nitrogens with one attached hydrogen (secondary N) is 1. The molecule has 1 amide bonds. The molecule has 0 radical (unpaired) electrons. The molecule has 0 spiro atoms. The molecule has 3 aliphatic rings. The van der Waals surface area contributed by atoms with Gasteiger partial charge < -0.3 is 89.9 Å². The number of hydrogen-bond donors (Lipinski definition) is 12. The highest BCUT2D eigenvalue weighted by Crippen LogP contribution is 2.33. The van der Waals surface area contributed by atoms with Crippen LogP contribution in [0, 0.1) is 0 Å². The Balaban J connectivity index is 1.33. The number of allylic oxidation sites excluding steroid dienone is 15. The highest BCUT2D eigenvalue weighted by molar-refractivity contribution is 5.76. The van der Waals surface area contributed by atoms with E-state index >= 15 is 0 Å². The lowest BCUT2D eigenvalue weighted by molar-refractivity contribution is -0.379. The van der Waals surface area contributed by atoms with E-state index in [0.717, 1.165) is 89.9 Å². The second kappa shape index (κ2) is 65.4. The summed E-state index contributed by atoms with van der Waals surface area (Å²) in [4.78, 5) is 13.5. The van der Waals surface area contributed by atoms with Crippen LogP contribution in [0.2, 0.25) is 0 Å². The van der Waals surface area contributed by atoms with E-state index < -0.39 is 124 Å². The molecular formula is C86H151NO18. The van der Waals surface area contributed by atoms with Crippen LogP contribution in [-0.2, 0) is 33.2 Å². The van der Waals surface area contributed by atoms with Crippen LogP contribution in [0.3, 0.4) is 0 Å². The van der Waals surface area contributed by atoms with Gasteiger partial charge in [-0.2, -0.15) is 0 Å². The number of rotatable bonds is 66. The fraction of sp³-hybridized carbons (Fsp3) is 0.802. The van der Waals surface area contributed by atoms with Gasteiger partial charge in [-0.25, -0.2) is 0 Å². The summed E-state index contributed by atoms with van der Waals surface area (Å²) in [5.74, 6) is -0.274. The van der Waals surface area contributed by atoms with E-state index in [1.165, 1.54) is 193 Å². The van der Waals surface area contributed by atoms with E-state index in [9.17, 15) is 61.0 Å². The molecule has 0 bridgehead atoms. The summed E-state index contributed by atoms with van der Waals surface area (Å²) in [7, 11) is 0. The molecule has 19 nitrogen and oxygen atoms in total. The summed E-state index contributed by atoms with van der Waals surface area (Å²) in [6.45, 7) is 1.65. The minimum Gasteiger partial charge on any atom is -0.394 e. The second-order valence-electron chi connectivity index (χ2n) is 29.6. The Hall–Kier alpha value is -3.29. The zero-order valence-corrected chi connectivity index (χ0v) is 65.2. The number of carbonyl (C=O) groups excluding carboxylic acids is 1. The van der Waals surface area contributed by atoms with Crippen molar-refractivity contribution in [3.63, 3.8) is 0 Å². The maximum absolute atomic E-state index is 13.5. The Labute approximate surface area is 634 Å². The van der Waals surface area contributed by atoms with Crippen molar-refractivity contribution in [3.8, 4) is 0 Å². The summed E-state index contributed by atoms with van der Waals surface area (Å²) in [6.07, 6.45) is 62.5. The first kappa shape index (κ1) is 95.9. The molecule has 3 saturated heterocycles. The van der Waals surface area contributed by atoms with E-state index in [-0.39, 0.29) is 18.9 Å². The molecule has 17 atom stereocenters. The molecule has 3 heterocycles. The number of hydrogen-bond acceptors (Lipinski definition) is 18. The molecular weight excluding hydrogens is 1330 g/mol. The molecule has 12 N–H and O–H groups in total. The van der Waals surface area contributed by atoms with Gasteiger partial charge in [0.1, 0.15) is 73.2 Å². The van der Waals surface area contributed by atoms with Gasteiger partial charge in [0.05, 0.1) is 38.6 Å². The van der Waals surface area contributed by atoms with Crippen LogP contribution in [0.25, 0.3) is 0 Å². The normalized spacial score (nSPS) is 26.3. The lowest BCUT2D eigenvalue weighted by atomic mass is 9.96. The smallest absolute Gasteiger partial charge is 0.220 e. The molecule has 3 aliphatic heterocycles. The summed E-state index contributed by atoms with van der Waals surface area (Å²) in [5.41, 5.74) is 0. The maximum Gasteiger partial charge on any atom is 0.220 e. The number of aliphatic hydroxyl groups excluding tert-OH is 11. The quantitative estimate of drug-likeness (QED) is 0.0199. The van der Waals surface area contributed by atoms with Crippen molar-refractivity contribution in [1.29, 1.82) is 0 Å². The third-order valence-corrected chi connectivity index (χ3v) is 20.4. The van der Waals surface area contributed by atoms with Gasteiger partial charge in [-0.15, -0.1) is 0 Å². The van der Waals surface area contributed by atoms with Crippen LogP contribution in [0.15, 0.2) is 97.2 Å². The number of amides is 1. The SMILES string of the molecule is CC/C=C\C/C=C\C/C=C\C/C=C\C/C=C\C/C=C\C/C=C\CCCCCCCCCCCCCCCCCCCC(=O)NC(COC1OC(CO)C(OC2OC(CO)C(OC3OC(CO)C(O)C(O)C3O)C(O)C2O)C(O)C1O)C(O)/C=C/CCCCCCCCCCCCCCCCCCCCC. The molecule has 0 aromatic rings. The zero-order valence-electron chi connectivity index (χ0n) is 65.2. The van der Waals surface area contributed by atoms with Gasteiger partial charge in [-0.3, -0.25) is 4.79 Å². The van der Waals surface area contributed by atoms with Gasteiger partial charge in [0, 0.05) is 6.42 Å². The largest absolute Gasteiger partial charge is 0.394 e. The molecule has 105 heavy (non-hydrogen) atoms. The van der Waals surface area contributed by atoms with Crippen molar-refractivity contribution in [3.05, 3.63) is 97.2 Å². The minimum absolute atomic E-state index is 0.241. The molecule has 0 saturated carbocycles. The molecule has 3 rings (SSSR count). The molecule has 608 valence electrons. The van der Waals surface area contributed by atoms with E-state index in [0.29, 0.717) is 6.42 Å². The van der Waals surface area contributed by atoms with Crippen LogP contribution < -0.4 is 5.32 Å². The second-order valence-corrected chi connectivity index (χ2v) is 29.6.